The third kappa shape index (κ3) is 9.65. The molecule has 4 saturated carbocycles. The van der Waals surface area contributed by atoms with Crippen LogP contribution in [-0.4, -0.2) is 263 Å². The molecule has 0 aromatic rings. The van der Waals surface area contributed by atoms with Crippen LogP contribution >= 0.6 is 0 Å². The van der Waals surface area contributed by atoms with E-state index in [-0.39, 0.29) is 58.4 Å². The van der Waals surface area contributed by atoms with Crippen LogP contribution in [0.2, 0.25) is 0 Å². The topological polar surface area (TPSA) is 396 Å². The molecular formula is C51H84O25. The third-order valence-electron chi connectivity index (χ3n) is 20.4. The standard InChI is InChI=1S/C51H84O25/c1-18-9-31(56)51(67-17-18)19(2)32-26(76-51)12-23-21-11-25(69-46-39(63)35(59)33(57)27(13-52)70-46)24-10-20(5-7-49(24,3)22(21)6-8-50(23,32)4)68-45-41(65)37(61)43(29(15-54)72-45)75-48-42(66)38(62)44(30(16-55)73-48)74-47-40(64)36(60)34(58)28(14-53)71-47/h18-48,52-66H,5-17H2,1-4H3/t18-,19+,20+,21-,22+,23+,24-,25+,26+,27+,28-,29-,30-,31+,32+,33+,34-,35-,36+,37-,38-,39+,40-,41-,42-,43-,44-,45-,46+,47-,48-,49-,50+,51+/m1/s1. The Bertz CT molecular complexity index is 1960. The molecule has 25 heteroatoms. The minimum absolute atomic E-state index is 0.0715. The Morgan fingerprint density at radius 1 is 0.474 bits per heavy atom. The largest absolute Gasteiger partial charge is 0.394 e. The van der Waals surface area contributed by atoms with Gasteiger partial charge in [0.05, 0.1) is 51.3 Å². The van der Waals surface area contributed by atoms with Gasteiger partial charge in [0.25, 0.3) is 0 Å². The number of aliphatic hydroxyl groups excluding tert-OH is 15. The van der Waals surface area contributed by atoms with Crippen LogP contribution in [0.1, 0.15) is 79.1 Å². The zero-order valence-corrected chi connectivity index (χ0v) is 43.4. The Hall–Kier alpha value is -1.00. The molecule has 25 nitrogen and oxygen atoms in total. The summed E-state index contributed by atoms with van der Waals surface area (Å²) in [7, 11) is 0. The van der Waals surface area contributed by atoms with Gasteiger partial charge < -0.3 is 124 Å². The SMILES string of the molecule is C[C@H]1CO[C@@]2(O[C@H]3C[C@H]4[C@@H]5C[C@H](O[C@H]6O[C@@H](CO)[C@H](O)[C@@H](O)[C@@H]6O)[C@H]6C[C@@H](O[C@@H]7O[C@H](CO)[C@@H](O[C@H]8O[C@H](CO)[C@@H](O[C@H]9O[C@H](CO)[C@@H](O)[C@H](O)[C@H]9O)[C@H](O)[C@H]8O)[C@H](O)[C@H]7O)CC[C@]6(C)[C@H]5CC[C@]4(C)[C@H]3[C@@H]2C)[C@@H](O)C1. The Labute approximate surface area is 440 Å². The number of fused-ring (bicyclic) bond motifs is 7. The van der Waals surface area contributed by atoms with Crippen molar-refractivity contribution in [3.63, 3.8) is 0 Å². The monoisotopic (exact) mass is 1100 g/mol. The van der Waals surface area contributed by atoms with E-state index in [0.29, 0.717) is 38.7 Å². The smallest absolute Gasteiger partial charge is 0.197 e. The summed E-state index contributed by atoms with van der Waals surface area (Å²) in [6.45, 7) is 6.23. The zero-order valence-electron chi connectivity index (χ0n) is 43.4. The fourth-order valence-electron chi connectivity index (χ4n) is 16.4. The fourth-order valence-corrected chi connectivity index (χ4v) is 16.4. The molecule has 0 bridgehead atoms. The van der Waals surface area contributed by atoms with Gasteiger partial charge in [-0.1, -0.05) is 27.7 Å². The minimum Gasteiger partial charge on any atom is -0.394 e. The van der Waals surface area contributed by atoms with Gasteiger partial charge in [-0.3, -0.25) is 0 Å². The third-order valence-corrected chi connectivity index (χ3v) is 20.4. The molecule has 4 aliphatic carbocycles. The highest BCUT2D eigenvalue weighted by molar-refractivity contribution is 5.17. The Morgan fingerprint density at radius 3 is 1.49 bits per heavy atom. The predicted octanol–water partition coefficient (Wildman–Crippen LogP) is -4.97. The van der Waals surface area contributed by atoms with E-state index in [2.05, 4.69) is 27.7 Å². The first-order chi connectivity index (χ1) is 36.0. The number of rotatable bonds is 12. The molecule has 1 spiro atoms. The fraction of sp³-hybridized carbons (Fsp3) is 1.00. The van der Waals surface area contributed by atoms with Crippen molar-refractivity contribution >= 4 is 0 Å². The molecule has 0 aromatic carbocycles. The molecule has 0 radical (unpaired) electrons. The first-order valence-electron chi connectivity index (χ1n) is 27.5. The van der Waals surface area contributed by atoms with E-state index in [0.717, 1.165) is 19.3 Å². The van der Waals surface area contributed by atoms with E-state index < -0.39 is 173 Å². The van der Waals surface area contributed by atoms with E-state index in [1.807, 2.05) is 0 Å². The predicted molar refractivity (Wildman–Crippen MR) is 251 cm³/mol. The summed E-state index contributed by atoms with van der Waals surface area (Å²) in [5.74, 6) is -0.578. The van der Waals surface area contributed by atoms with Gasteiger partial charge in [-0.05, 0) is 97.7 Å². The van der Waals surface area contributed by atoms with Crippen LogP contribution in [0, 0.1) is 52.3 Å². The van der Waals surface area contributed by atoms with E-state index in [9.17, 15) is 76.6 Å². The summed E-state index contributed by atoms with van der Waals surface area (Å²) >= 11 is 0. The normalized spacial score (nSPS) is 58.4. The van der Waals surface area contributed by atoms with Gasteiger partial charge in [0.15, 0.2) is 30.9 Å². The lowest BCUT2D eigenvalue weighted by molar-refractivity contribution is -0.381. The number of aliphatic hydroxyl groups is 15. The summed E-state index contributed by atoms with van der Waals surface area (Å²) in [6, 6.07) is 0. The molecule has 10 aliphatic rings. The van der Waals surface area contributed by atoms with Crippen LogP contribution in [0.15, 0.2) is 0 Å². The molecule has 6 aliphatic heterocycles. The van der Waals surface area contributed by atoms with Crippen molar-refractivity contribution in [1.82, 2.24) is 0 Å². The number of hydrogen-bond donors (Lipinski definition) is 15. The van der Waals surface area contributed by atoms with Crippen molar-refractivity contribution in [2.24, 2.45) is 52.3 Å². The van der Waals surface area contributed by atoms with Crippen molar-refractivity contribution in [3.05, 3.63) is 0 Å². The highest BCUT2D eigenvalue weighted by Gasteiger charge is 2.72. The molecule has 0 aromatic heterocycles. The van der Waals surface area contributed by atoms with Crippen LogP contribution in [0.25, 0.3) is 0 Å². The number of hydrogen-bond acceptors (Lipinski definition) is 25. The van der Waals surface area contributed by atoms with Gasteiger partial charge in [-0.2, -0.15) is 0 Å². The molecule has 34 atom stereocenters. The molecule has 0 amide bonds. The van der Waals surface area contributed by atoms with Crippen molar-refractivity contribution in [2.75, 3.05) is 33.0 Å². The maximum atomic E-state index is 11.6. The second-order valence-electron chi connectivity index (χ2n) is 24.6. The molecule has 6 heterocycles. The van der Waals surface area contributed by atoms with Gasteiger partial charge in [0.2, 0.25) is 0 Å². The summed E-state index contributed by atoms with van der Waals surface area (Å²) in [6.07, 6.45) is -30.3. The average molecular weight is 1100 g/mol. The van der Waals surface area contributed by atoms with E-state index >= 15 is 0 Å². The highest BCUT2D eigenvalue weighted by Crippen LogP contribution is 2.72. The van der Waals surface area contributed by atoms with Crippen molar-refractivity contribution in [1.29, 1.82) is 0 Å². The van der Waals surface area contributed by atoms with Crippen molar-refractivity contribution in [2.45, 2.75) is 232 Å². The Morgan fingerprint density at radius 2 is 0.961 bits per heavy atom. The average Bonchev–Trinajstić information content (AvgIpc) is 4.09. The summed E-state index contributed by atoms with van der Waals surface area (Å²) in [5, 5.41) is 161. The van der Waals surface area contributed by atoms with Crippen LogP contribution in [0.3, 0.4) is 0 Å². The first-order valence-corrected chi connectivity index (χ1v) is 27.5. The van der Waals surface area contributed by atoms with Crippen LogP contribution < -0.4 is 0 Å². The first kappa shape index (κ1) is 58.2. The van der Waals surface area contributed by atoms with Crippen LogP contribution in [0.5, 0.6) is 0 Å². The van der Waals surface area contributed by atoms with Gasteiger partial charge in [-0.15, -0.1) is 0 Å². The second kappa shape index (κ2) is 22.3. The van der Waals surface area contributed by atoms with Gasteiger partial charge in [-0.25, -0.2) is 0 Å². The Kier molecular flexibility index (Phi) is 17.1. The zero-order chi connectivity index (χ0) is 54.7. The summed E-state index contributed by atoms with van der Waals surface area (Å²) in [5.41, 5.74) is -0.560. The molecule has 10 rings (SSSR count). The number of ether oxygens (including phenoxy) is 10. The minimum atomic E-state index is -2.00. The van der Waals surface area contributed by atoms with Crippen LogP contribution in [0.4, 0.5) is 0 Å². The summed E-state index contributed by atoms with van der Waals surface area (Å²) in [4.78, 5) is 0. The molecular weight excluding hydrogens is 1010 g/mol. The lowest BCUT2D eigenvalue weighted by Crippen LogP contribution is -2.67. The Balaban J connectivity index is 0.836. The molecule has 438 valence electrons. The molecule has 10 fully saturated rings. The summed E-state index contributed by atoms with van der Waals surface area (Å²) < 4.78 is 61.3. The van der Waals surface area contributed by atoms with Gasteiger partial charge in [0.1, 0.15) is 104 Å². The molecule has 15 N–H and O–H groups in total. The van der Waals surface area contributed by atoms with Crippen molar-refractivity contribution in [3.8, 4) is 0 Å². The molecule has 0 unspecified atom stereocenters. The molecule has 76 heavy (non-hydrogen) atoms. The maximum absolute atomic E-state index is 11.6. The second-order valence-corrected chi connectivity index (χ2v) is 24.6. The van der Waals surface area contributed by atoms with Gasteiger partial charge in [0, 0.05) is 5.92 Å². The van der Waals surface area contributed by atoms with E-state index in [4.69, 9.17) is 47.4 Å². The maximum Gasteiger partial charge on any atom is 0.197 e. The quantitative estimate of drug-likeness (QED) is 0.0814. The molecule has 6 saturated heterocycles. The highest BCUT2D eigenvalue weighted by atomic mass is 16.8. The van der Waals surface area contributed by atoms with Crippen LogP contribution in [-0.2, 0) is 47.4 Å². The van der Waals surface area contributed by atoms with E-state index in [1.54, 1.807) is 0 Å². The lowest BCUT2D eigenvalue weighted by Gasteiger charge is -2.63. The van der Waals surface area contributed by atoms with Crippen molar-refractivity contribution < 1.29 is 124 Å². The lowest BCUT2D eigenvalue weighted by atomic mass is 9.43. The van der Waals surface area contributed by atoms with Gasteiger partial charge >= 0.3 is 0 Å². The van der Waals surface area contributed by atoms with E-state index in [1.165, 1.54) is 0 Å².